The number of rotatable bonds is 6. The minimum absolute atomic E-state index is 0.122. The van der Waals surface area contributed by atoms with Crippen molar-refractivity contribution in [2.24, 2.45) is 0 Å². The van der Waals surface area contributed by atoms with Crippen molar-refractivity contribution in [3.05, 3.63) is 60.2 Å². The summed E-state index contributed by atoms with van der Waals surface area (Å²) in [4.78, 5) is 16.7. The fraction of sp³-hybridized carbons (Fsp3) is 0.200. The molecule has 7 nitrogen and oxygen atoms in total. The van der Waals surface area contributed by atoms with Gasteiger partial charge < -0.3 is 9.73 Å². The molecule has 0 aliphatic carbocycles. The summed E-state index contributed by atoms with van der Waals surface area (Å²) < 4.78 is 7.37. The maximum absolute atomic E-state index is 12.4. The summed E-state index contributed by atoms with van der Waals surface area (Å²) in [5.74, 6) is 0.701. The van der Waals surface area contributed by atoms with Crippen LogP contribution in [-0.2, 0) is 11.2 Å². The lowest BCUT2D eigenvalue weighted by atomic mass is 10.1. The highest BCUT2D eigenvalue weighted by Crippen LogP contribution is 2.23. The van der Waals surface area contributed by atoms with E-state index in [1.807, 2.05) is 22.8 Å². The van der Waals surface area contributed by atoms with Crippen LogP contribution in [0.1, 0.15) is 18.4 Å². The van der Waals surface area contributed by atoms with Gasteiger partial charge in [0.25, 0.3) is 0 Å². The molecule has 0 atom stereocenters. The zero-order valence-electron chi connectivity index (χ0n) is 15.5. The maximum atomic E-state index is 12.4. The highest BCUT2D eigenvalue weighted by molar-refractivity contribution is 7.99. The molecule has 4 aromatic rings. The molecule has 4 rings (SSSR count). The Labute approximate surface area is 166 Å². The third-order valence-corrected chi connectivity index (χ3v) is 5.20. The third-order valence-electron chi connectivity index (χ3n) is 4.26. The lowest BCUT2D eigenvalue weighted by molar-refractivity contribution is -0.113. The van der Waals surface area contributed by atoms with Crippen molar-refractivity contribution in [2.75, 3.05) is 11.1 Å². The average molecular weight is 393 g/mol. The number of benzene rings is 2. The predicted molar refractivity (Wildman–Crippen MR) is 109 cm³/mol. The van der Waals surface area contributed by atoms with Crippen molar-refractivity contribution in [3.63, 3.8) is 0 Å². The number of amides is 1. The summed E-state index contributed by atoms with van der Waals surface area (Å²) >= 11 is 1.35. The van der Waals surface area contributed by atoms with Gasteiger partial charge in [-0.05, 0) is 36.2 Å². The normalized spacial score (nSPS) is 11.1. The number of aryl methyl sites for hydroxylation is 2. The summed E-state index contributed by atoms with van der Waals surface area (Å²) in [6, 6.07) is 13.5. The molecule has 0 saturated heterocycles. The van der Waals surface area contributed by atoms with Crippen molar-refractivity contribution in [3.8, 4) is 5.69 Å². The molecule has 2 aromatic carbocycles. The topological polar surface area (TPSA) is 85.8 Å². The molecule has 0 saturated carbocycles. The number of hydrogen-bond donors (Lipinski definition) is 1. The fourth-order valence-electron chi connectivity index (χ4n) is 2.98. The largest absolute Gasteiger partial charge is 0.441 e. The summed E-state index contributed by atoms with van der Waals surface area (Å²) in [5.41, 5.74) is 4.34. The zero-order valence-corrected chi connectivity index (χ0v) is 16.4. The van der Waals surface area contributed by atoms with Gasteiger partial charge in [0.2, 0.25) is 5.91 Å². The minimum Gasteiger partial charge on any atom is -0.441 e. The Kier molecular flexibility index (Phi) is 5.12. The van der Waals surface area contributed by atoms with E-state index in [0.717, 1.165) is 17.6 Å². The number of anilines is 1. The molecule has 0 fully saturated rings. The molecule has 28 heavy (non-hydrogen) atoms. The van der Waals surface area contributed by atoms with Crippen LogP contribution in [0.2, 0.25) is 0 Å². The number of aromatic nitrogens is 4. The van der Waals surface area contributed by atoms with Crippen LogP contribution in [0.5, 0.6) is 0 Å². The molecule has 0 spiro atoms. The van der Waals surface area contributed by atoms with Crippen molar-refractivity contribution < 1.29 is 9.21 Å². The number of oxazole rings is 1. The first-order valence-corrected chi connectivity index (χ1v) is 9.90. The van der Waals surface area contributed by atoms with Crippen LogP contribution in [-0.4, -0.2) is 31.4 Å². The van der Waals surface area contributed by atoms with Gasteiger partial charge >= 0.3 is 0 Å². The Morgan fingerprint density at radius 1 is 1.25 bits per heavy atom. The number of para-hydroxylation sites is 1. The number of nitrogens with one attached hydrogen (secondary N) is 1. The van der Waals surface area contributed by atoms with Crippen molar-refractivity contribution in [1.82, 2.24) is 19.7 Å². The standard InChI is InChI=1S/C20H19N5O2S/c1-3-14-6-4-5-7-17(14)25-12-21-24-20(25)28-11-19(26)23-15-8-9-18-16(10-15)22-13(2)27-18/h4-10,12H,3,11H2,1-2H3,(H,23,26). The smallest absolute Gasteiger partial charge is 0.234 e. The van der Waals surface area contributed by atoms with Gasteiger partial charge in [0, 0.05) is 12.6 Å². The second kappa shape index (κ2) is 7.85. The lowest BCUT2D eigenvalue weighted by Crippen LogP contribution is -2.14. The van der Waals surface area contributed by atoms with Crippen LogP contribution in [0.3, 0.4) is 0 Å². The Morgan fingerprint density at radius 3 is 2.96 bits per heavy atom. The molecule has 0 radical (unpaired) electrons. The zero-order chi connectivity index (χ0) is 19.5. The number of fused-ring (bicyclic) bond motifs is 1. The first kappa shape index (κ1) is 18.2. The van der Waals surface area contributed by atoms with Crippen LogP contribution in [0.15, 0.2) is 58.4 Å². The molecule has 0 unspecified atom stereocenters. The first-order valence-electron chi connectivity index (χ1n) is 8.92. The monoisotopic (exact) mass is 393 g/mol. The Morgan fingerprint density at radius 2 is 2.11 bits per heavy atom. The molecular formula is C20H19N5O2S. The quantitative estimate of drug-likeness (QED) is 0.498. The number of nitrogens with zero attached hydrogens (tertiary/aromatic N) is 4. The highest BCUT2D eigenvalue weighted by atomic mass is 32.2. The van der Waals surface area contributed by atoms with E-state index < -0.39 is 0 Å². The molecule has 1 amide bonds. The van der Waals surface area contributed by atoms with E-state index in [1.165, 1.54) is 17.3 Å². The van der Waals surface area contributed by atoms with Crippen molar-refractivity contribution in [1.29, 1.82) is 0 Å². The minimum atomic E-state index is -0.122. The van der Waals surface area contributed by atoms with Crippen molar-refractivity contribution >= 4 is 34.5 Å². The molecule has 2 aromatic heterocycles. The Hall–Kier alpha value is -3.13. The molecule has 0 aliphatic heterocycles. The summed E-state index contributed by atoms with van der Waals surface area (Å²) in [7, 11) is 0. The van der Waals surface area contributed by atoms with Gasteiger partial charge in [-0.25, -0.2) is 4.98 Å². The number of thioether (sulfide) groups is 1. The maximum Gasteiger partial charge on any atom is 0.234 e. The molecule has 142 valence electrons. The van der Waals surface area contributed by atoms with Gasteiger partial charge in [0.05, 0.1) is 11.4 Å². The number of carbonyl (C=O) groups excluding carboxylic acids is 1. The van der Waals surface area contributed by atoms with Gasteiger partial charge in [0.15, 0.2) is 16.6 Å². The number of hydrogen-bond acceptors (Lipinski definition) is 6. The van der Waals surface area contributed by atoms with Crippen molar-refractivity contribution in [2.45, 2.75) is 25.4 Å². The summed E-state index contributed by atoms with van der Waals surface area (Å²) in [5, 5.41) is 11.7. The van der Waals surface area contributed by atoms with E-state index in [-0.39, 0.29) is 11.7 Å². The summed E-state index contributed by atoms with van der Waals surface area (Å²) in [6.07, 6.45) is 2.58. The van der Waals surface area contributed by atoms with Gasteiger partial charge in [0.1, 0.15) is 11.8 Å². The molecule has 0 aliphatic rings. The van der Waals surface area contributed by atoms with Crippen LogP contribution in [0.25, 0.3) is 16.8 Å². The highest BCUT2D eigenvalue weighted by Gasteiger charge is 2.13. The van der Waals surface area contributed by atoms with Crippen LogP contribution >= 0.6 is 11.8 Å². The van der Waals surface area contributed by atoms with E-state index >= 15 is 0 Å². The van der Waals surface area contributed by atoms with E-state index in [4.69, 9.17) is 4.42 Å². The van der Waals surface area contributed by atoms with Crippen LogP contribution in [0, 0.1) is 6.92 Å². The van der Waals surface area contributed by atoms with Crippen LogP contribution in [0.4, 0.5) is 5.69 Å². The van der Waals surface area contributed by atoms with Gasteiger partial charge in [-0.2, -0.15) is 0 Å². The van der Waals surface area contributed by atoms with Gasteiger partial charge in [-0.1, -0.05) is 36.9 Å². The summed E-state index contributed by atoms with van der Waals surface area (Å²) in [6.45, 7) is 3.90. The van der Waals surface area contributed by atoms with E-state index in [0.29, 0.717) is 22.3 Å². The average Bonchev–Trinajstić information content (AvgIpc) is 3.31. The lowest BCUT2D eigenvalue weighted by Gasteiger charge is -2.10. The molecule has 2 heterocycles. The number of carbonyl (C=O) groups is 1. The molecule has 1 N–H and O–H groups in total. The van der Waals surface area contributed by atoms with E-state index in [9.17, 15) is 4.79 Å². The molecule has 8 heteroatoms. The first-order chi connectivity index (χ1) is 13.6. The predicted octanol–water partition coefficient (Wildman–Crippen LogP) is 4.01. The Bertz CT molecular complexity index is 1130. The van der Waals surface area contributed by atoms with E-state index in [2.05, 4.69) is 33.5 Å². The van der Waals surface area contributed by atoms with Gasteiger partial charge in [-0.15, -0.1) is 10.2 Å². The molecule has 0 bridgehead atoms. The SMILES string of the molecule is CCc1ccccc1-n1cnnc1SCC(=O)Nc1ccc2oc(C)nc2c1. The Balaban J connectivity index is 1.44. The van der Waals surface area contributed by atoms with Crippen LogP contribution < -0.4 is 5.32 Å². The second-order valence-corrected chi connectivity index (χ2v) is 7.16. The molecular weight excluding hydrogens is 374 g/mol. The third kappa shape index (κ3) is 3.77. The second-order valence-electron chi connectivity index (χ2n) is 6.22. The van der Waals surface area contributed by atoms with E-state index in [1.54, 1.807) is 31.5 Å². The van der Waals surface area contributed by atoms with Gasteiger partial charge in [-0.3, -0.25) is 9.36 Å². The fourth-order valence-corrected chi connectivity index (χ4v) is 3.70.